The molecule has 0 aromatic rings. The molecule has 4 atom stereocenters. The van der Waals surface area contributed by atoms with Crippen LogP contribution in [0.3, 0.4) is 0 Å². The van der Waals surface area contributed by atoms with E-state index in [4.69, 9.17) is 5.11 Å². The number of allylic oxidation sites excluding steroid dienone is 2. The van der Waals surface area contributed by atoms with E-state index in [1.54, 1.807) is 0 Å². The van der Waals surface area contributed by atoms with E-state index in [9.17, 15) is 4.79 Å². The van der Waals surface area contributed by atoms with Gasteiger partial charge in [-0.2, -0.15) is 11.8 Å². The zero-order valence-corrected chi connectivity index (χ0v) is 17.7. The molecule has 0 amide bonds. The Hall–Kier alpha value is -0.440. The van der Waals surface area contributed by atoms with Crippen molar-refractivity contribution in [2.24, 2.45) is 23.7 Å². The number of carboxylic acid groups (broad SMARTS) is 1. The molecule has 26 heavy (non-hydrogen) atoms. The Bertz CT molecular complexity index is 420. The van der Waals surface area contributed by atoms with Crippen LogP contribution in [0.1, 0.15) is 90.4 Å². The molecule has 2 saturated carbocycles. The van der Waals surface area contributed by atoms with Gasteiger partial charge in [0.15, 0.2) is 0 Å². The van der Waals surface area contributed by atoms with Gasteiger partial charge in [0.1, 0.15) is 0 Å². The van der Waals surface area contributed by atoms with E-state index in [0.29, 0.717) is 6.42 Å². The van der Waals surface area contributed by atoms with Crippen LogP contribution in [0.15, 0.2) is 12.2 Å². The molecule has 2 bridgehead atoms. The molecular weight excluding hydrogens is 340 g/mol. The van der Waals surface area contributed by atoms with Gasteiger partial charge in [-0.15, -0.1) is 0 Å². The summed E-state index contributed by atoms with van der Waals surface area (Å²) >= 11 is 2.22. The number of rotatable bonds is 15. The molecule has 0 spiro atoms. The van der Waals surface area contributed by atoms with Crippen LogP contribution in [-0.2, 0) is 4.79 Å². The van der Waals surface area contributed by atoms with Crippen molar-refractivity contribution < 1.29 is 9.90 Å². The van der Waals surface area contributed by atoms with E-state index in [2.05, 4.69) is 30.8 Å². The molecule has 0 aliphatic heterocycles. The summed E-state index contributed by atoms with van der Waals surface area (Å²) in [6.45, 7) is 2.28. The van der Waals surface area contributed by atoms with Crippen LogP contribution in [0.2, 0.25) is 0 Å². The topological polar surface area (TPSA) is 37.3 Å². The summed E-state index contributed by atoms with van der Waals surface area (Å²) in [6.07, 6.45) is 20.7. The summed E-state index contributed by atoms with van der Waals surface area (Å²) in [4.78, 5) is 10.6. The standard InChI is InChI=1S/C23H40O2S/c1-2-3-4-5-8-11-16-26-18-22-20-15-14-19(17-20)21(22)12-9-6-7-10-13-23(24)25/h6,9,19-22H,2-5,7-8,10-18H2,1H3,(H,24,25)/b9-6-/t19-,20+,21-,22+/m0/s1. The highest BCUT2D eigenvalue weighted by molar-refractivity contribution is 7.99. The van der Waals surface area contributed by atoms with Gasteiger partial charge < -0.3 is 5.11 Å². The van der Waals surface area contributed by atoms with E-state index in [0.717, 1.165) is 36.5 Å². The van der Waals surface area contributed by atoms with Gasteiger partial charge in [-0.1, -0.05) is 51.2 Å². The lowest BCUT2D eigenvalue weighted by Gasteiger charge is -2.30. The van der Waals surface area contributed by atoms with Gasteiger partial charge in [0.05, 0.1) is 0 Å². The number of carboxylic acids is 1. The first-order valence-electron chi connectivity index (χ1n) is 11.2. The maximum atomic E-state index is 10.6. The fraction of sp³-hybridized carbons (Fsp3) is 0.870. The molecule has 2 aliphatic carbocycles. The number of hydrogen-bond acceptors (Lipinski definition) is 2. The van der Waals surface area contributed by atoms with Crippen LogP contribution in [0.4, 0.5) is 0 Å². The Morgan fingerprint density at radius 2 is 1.73 bits per heavy atom. The second-order valence-corrected chi connectivity index (χ2v) is 9.65. The summed E-state index contributed by atoms with van der Waals surface area (Å²) in [5, 5.41) is 8.70. The minimum atomic E-state index is -0.672. The van der Waals surface area contributed by atoms with E-state index in [1.165, 1.54) is 75.7 Å². The van der Waals surface area contributed by atoms with Crippen molar-refractivity contribution in [2.75, 3.05) is 11.5 Å². The highest BCUT2D eigenvalue weighted by Gasteiger charge is 2.46. The number of aliphatic carboxylic acids is 1. The molecule has 3 heteroatoms. The lowest BCUT2D eigenvalue weighted by molar-refractivity contribution is -0.137. The Morgan fingerprint density at radius 3 is 2.50 bits per heavy atom. The second kappa shape index (κ2) is 12.9. The molecule has 150 valence electrons. The zero-order chi connectivity index (χ0) is 18.6. The zero-order valence-electron chi connectivity index (χ0n) is 16.8. The lowest BCUT2D eigenvalue weighted by atomic mass is 9.78. The van der Waals surface area contributed by atoms with Crippen molar-refractivity contribution in [1.29, 1.82) is 0 Å². The second-order valence-electron chi connectivity index (χ2n) is 8.50. The first-order chi connectivity index (χ1) is 12.7. The highest BCUT2D eigenvalue weighted by atomic mass is 32.2. The quantitative estimate of drug-likeness (QED) is 0.247. The average Bonchev–Trinajstić information content (AvgIpc) is 3.22. The Labute approximate surface area is 165 Å². The van der Waals surface area contributed by atoms with Gasteiger partial charge in [0.2, 0.25) is 0 Å². The first-order valence-corrected chi connectivity index (χ1v) is 12.3. The van der Waals surface area contributed by atoms with E-state index in [-0.39, 0.29) is 0 Å². The van der Waals surface area contributed by atoms with Gasteiger partial charge in [0, 0.05) is 6.42 Å². The van der Waals surface area contributed by atoms with Crippen LogP contribution in [0.25, 0.3) is 0 Å². The van der Waals surface area contributed by atoms with Gasteiger partial charge >= 0.3 is 5.97 Å². The minimum Gasteiger partial charge on any atom is -0.481 e. The van der Waals surface area contributed by atoms with E-state index < -0.39 is 5.97 Å². The van der Waals surface area contributed by atoms with Crippen molar-refractivity contribution in [3.63, 3.8) is 0 Å². The van der Waals surface area contributed by atoms with Crippen LogP contribution in [0, 0.1) is 23.7 Å². The molecule has 2 nitrogen and oxygen atoms in total. The third-order valence-electron chi connectivity index (χ3n) is 6.56. The predicted octanol–water partition coefficient (Wildman–Crippen LogP) is 6.94. The Kier molecular flexibility index (Phi) is 10.8. The van der Waals surface area contributed by atoms with Crippen molar-refractivity contribution in [2.45, 2.75) is 90.4 Å². The lowest BCUT2D eigenvalue weighted by Crippen LogP contribution is -2.24. The summed E-state index contributed by atoms with van der Waals surface area (Å²) in [7, 11) is 0. The number of unbranched alkanes of at least 4 members (excludes halogenated alkanes) is 6. The van der Waals surface area contributed by atoms with Crippen molar-refractivity contribution >= 4 is 17.7 Å². The largest absolute Gasteiger partial charge is 0.481 e. The van der Waals surface area contributed by atoms with Gasteiger partial charge in [-0.25, -0.2) is 0 Å². The molecule has 0 aromatic heterocycles. The van der Waals surface area contributed by atoms with Crippen molar-refractivity contribution in [3.05, 3.63) is 12.2 Å². The fourth-order valence-corrected chi connectivity index (χ4v) is 6.47. The molecule has 2 rings (SSSR count). The van der Waals surface area contributed by atoms with E-state index in [1.807, 2.05) is 0 Å². The number of thioether (sulfide) groups is 1. The molecule has 0 aromatic carbocycles. The number of hydrogen-bond donors (Lipinski definition) is 1. The normalized spacial score (nSPS) is 27.6. The Morgan fingerprint density at radius 1 is 1.00 bits per heavy atom. The van der Waals surface area contributed by atoms with Crippen LogP contribution < -0.4 is 0 Å². The van der Waals surface area contributed by atoms with Crippen LogP contribution in [0.5, 0.6) is 0 Å². The highest BCUT2D eigenvalue weighted by Crippen LogP contribution is 2.54. The van der Waals surface area contributed by atoms with Crippen molar-refractivity contribution in [1.82, 2.24) is 0 Å². The monoisotopic (exact) mass is 380 g/mol. The maximum absolute atomic E-state index is 10.6. The van der Waals surface area contributed by atoms with Crippen LogP contribution in [-0.4, -0.2) is 22.6 Å². The van der Waals surface area contributed by atoms with Crippen LogP contribution >= 0.6 is 11.8 Å². The SMILES string of the molecule is CCCCCCCCSC[C@@H]1[C@@H]2CC[C@@H](C2)[C@@H]1C/C=C\CCCC(=O)O. The molecule has 1 N–H and O–H groups in total. The van der Waals surface area contributed by atoms with Gasteiger partial charge in [-0.05, 0) is 80.1 Å². The Balaban J connectivity index is 1.60. The number of fused-ring (bicyclic) bond motifs is 2. The summed E-state index contributed by atoms with van der Waals surface area (Å²) < 4.78 is 0. The van der Waals surface area contributed by atoms with E-state index >= 15 is 0 Å². The molecule has 2 aliphatic rings. The summed E-state index contributed by atoms with van der Waals surface area (Å²) in [5.41, 5.74) is 0. The first kappa shape index (κ1) is 21.9. The average molecular weight is 381 g/mol. The smallest absolute Gasteiger partial charge is 0.303 e. The molecule has 0 saturated heterocycles. The number of carbonyl (C=O) groups is 1. The third kappa shape index (κ3) is 7.66. The molecule has 0 heterocycles. The third-order valence-corrected chi connectivity index (χ3v) is 7.76. The maximum Gasteiger partial charge on any atom is 0.303 e. The minimum absolute atomic E-state index is 0.302. The molecular formula is C23H40O2S. The molecule has 0 radical (unpaired) electrons. The fourth-order valence-electron chi connectivity index (χ4n) is 5.10. The molecule has 0 unspecified atom stereocenters. The van der Waals surface area contributed by atoms with Crippen molar-refractivity contribution in [3.8, 4) is 0 Å². The summed E-state index contributed by atoms with van der Waals surface area (Å²) in [5.74, 6) is 5.90. The molecule has 2 fully saturated rings. The summed E-state index contributed by atoms with van der Waals surface area (Å²) in [6, 6.07) is 0. The van der Waals surface area contributed by atoms with Gasteiger partial charge in [0.25, 0.3) is 0 Å². The predicted molar refractivity (Wildman–Crippen MR) is 114 cm³/mol. The van der Waals surface area contributed by atoms with Gasteiger partial charge in [-0.3, -0.25) is 4.79 Å².